The molecule has 0 radical (unpaired) electrons. The summed E-state index contributed by atoms with van der Waals surface area (Å²) < 4.78 is 18.2. The van der Waals surface area contributed by atoms with Crippen LogP contribution in [0.25, 0.3) is 0 Å². The van der Waals surface area contributed by atoms with E-state index in [4.69, 9.17) is 4.74 Å². The van der Waals surface area contributed by atoms with Gasteiger partial charge in [0, 0.05) is 31.1 Å². The van der Waals surface area contributed by atoms with E-state index in [-0.39, 0.29) is 11.7 Å². The van der Waals surface area contributed by atoms with Gasteiger partial charge in [-0.25, -0.2) is 4.39 Å². The maximum Gasteiger partial charge on any atom is 0.308 e. The first-order valence-corrected chi connectivity index (χ1v) is 9.26. The number of carbonyl (C=O) groups excluding carboxylic acids is 2. The summed E-state index contributed by atoms with van der Waals surface area (Å²) in [6.07, 6.45) is 2.75. The van der Waals surface area contributed by atoms with Crippen LogP contribution in [0.1, 0.15) is 41.3 Å². The molecule has 0 aliphatic carbocycles. The lowest BCUT2D eigenvalue weighted by Gasteiger charge is -2.32. The molecule has 1 aliphatic heterocycles. The number of benzene rings is 2. The minimum absolute atomic E-state index is 0.0262. The Morgan fingerprint density at radius 2 is 1.78 bits per heavy atom. The maximum atomic E-state index is 13.0. The number of likely N-dealkylation sites (tertiary alicyclic amines) is 1. The van der Waals surface area contributed by atoms with Crippen molar-refractivity contribution in [2.24, 2.45) is 5.92 Å². The van der Waals surface area contributed by atoms with Crippen LogP contribution in [0.15, 0.2) is 42.5 Å². The average molecular weight is 369 g/mol. The topological polar surface area (TPSA) is 46.6 Å². The van der Waals surface area contributed by atoms with E-state index < -0.39 is 5.97 Å². The highest BCUT2D eigenvalue weighted by molar-refractivity contribution is 5.96. The van der Waals surface area contributed by atoms with E-state index in [1.165, 1.54) is 19.1 Å². The van der Waals surface area contributed by atoms with E-state index in [2.05, 4.69) is 0 Å². The van der Waals surface area contributed by atoms with E-state index >= 15 is 0 Å². The Hall–Kier alpha value is -2.69. The summed E-state index contributed by atoms with van der Waals surface area (Å²) in [6.45, 7) is 4.54. The Labute approximate surface area is 158 Å². The molecular formula is C22H24FNO3. The van der Waals surface area contributed by atoms with Gasteiger partial charge in [-0.1, -0.05) is 18.2 Å². The van der Waals surface area contributed by atoms with Crippen molar-refractivity contribution in [2.45, 2.75) is 33.1 Å². The van der Waals surface area contributed by atoms with Crippen molar-refractivity contribution >= 4 is 11.9 Å². The number of hydrogen-bond acceptors (Lipinski definition) is 3. The largest absolute Gasteiger partial charge is 0.426 e. The molecule has 27 heavy (non-hydrogen) atoms. The highest BCUT2D eigenvalue weighted by atomic mass is 19.1. The molecule has 1 fully saturated rings. The number of ether oxygens (including phenoxy) is 1. The fourth-order valence-corrected chi connectivity index (χ4v) is 3.58. The average Bonchev–Trinajstić information content (AvgIpc) is 2.65. The second-order valence-electron chi connectivity index (χ2n) is 7.09. The molecule has 0 unspecified atom stereocenters. The SMILES string of the molecule is CC(=O)Oc1cccc(C(=O)N2CCC(Cc3ccc(F)cc3)CC2)c1C. The fraction of sp³-hybridized carbons (Fsp3) is 0.364. The third-order valence-corrected chi connectivity index (χ3v) is 5.11. The molecule has 1 aliphatic rings. The summed E-state index contributed by atoms with van der Waals surface area (Å²) in [5, 5.41) is 0. The highest BCUT2D eigenvalue weighted by Crippen LogP contribution is 2.26. The van der Waals surface area contributed by atoms with Crippen molar-refractivity contribution in [3.8, 4) is 5.75 Å². The van der Waals surface area contributed by atoms with E-state index in [0.29, 0.717) is 35.9 Å². The molecule has 1 heterocycles. The number of piperidine rings is 1. The Morgan fingerprint density at radius 3 is 2.41 bits per heavy atom. The summed E-state index contributed by atoms with van der Waals surface area (Å²) in [4.78, 5) is 26.0. The number of esters is 1. The zero-order valence-corrected chi connectivity index (χ0v) is 15.7. The van der Waals surface area contributed by atoms with Crippen LogP contribution in [0, 0.1) is 18.7 Å². The lowest BCUT2D eigenvalue weighted by molar-refractivity contribution is -0.131. The number of rotatable bonds is 4. The van der Waals surface area contributed by atoms with Gasteiger partial charge in [-0.3, -0.25) is 9.59 Å². The molecule has 2 aromatic carbocycles. The molecule has 0 atom stereocenters. The van der Waals surface area contributed by atoms with Crippen LogP contribution in [0.3, 0.4) is 0 Å². The predicted octanol–water partition coefficient (Wildman–Crippen LogP) is 4.15. The van der Waals surface area contributed by atoms with Crippen LogP contribution in [-0.4, -0.2) is 29.9 Å². The molecule has 5 heteroatoms. The minimum atomic E-state index is -0.399. The molecule has 0 bridgehead atoms. The van der Waals surface area contributed by atoms with Gasteiger partial charge in [0.1, 0.15) is 11.6 Å². The number of hydrogen-bond donors (Lipinski definition) is 0. The first-order chi connectivity index (χ1) is 12.9. The number of nitrogens with zero attached hydrogens (tertiary/aromatic N) is 1. The van der Waals surface area contributed by atoms with Gasteiger partial charge in [0.15, 0.2) is 0 Å². The highest BCUT2D eigenvalue weighted by Gasteiger charge is 2.25. The molecule has 0 spiro atoms. The van der Waals surface area contributed by atoms with Crippen molar-refractivity contribution < 1.29 is 18.7 Å². The van der Waals surface area contributed by atoms with Gasteiger partial charge < -0.3 is 9.64 Å². The van der Waals surface area contributed by atoms with Crippen LogP contribution in [-0.2, 0) is 11.2 Å². The van der Waals surface area contributed by atoms with Crippen molar-refractivity contribution in [3.63, 3.8) is 0 Å². The molecule has 142 valence electrons. The molecular weight excluding hydrogens is 345 g/mol. The Morgan fingerprint density at radius 1 is 1.11 bits per heavy atom. The van der Waals surface area contributed by atoms with Crippen LogP contribution in [0.5, 0.6) is 5.75 Å². The Kier molecular flexibility index (Phi) is 5.89. The Bertz CT molecular complexity index is 824. The summed E-state index contributed by atoms with van der Waals surface area (Å²) in [5.74, 6) is 0.282. The first-order valence-electron chi connectivity index (χ1n) is 9.26. The molecule has 4 nitrogen and oxygen atoms in total. The second kappa shape index (κ2) is 8.33. The normalized spacial score (nSPS) is 14.9. The van der Waals surface area contributed by atoms with Crippen molar-refractivity contribution in [3.05, 3.63) is 65.0 Å². The van der Waals surface area contributed by atoms with Crippen LogP contribution < -0.4 is 4.74 Å². The predicted molar refractivity (Wildman–Crippen MR) is 101 cm³/mol. The molecule has 1 amide bonds. The minimum Gasteiger partial charge on any atom is -0.426 e. The fourth-order valence-electron chi connectivity index (χ4n) is 3.58. The Balaban J connectivity index is 1.61. The number of amides is 1. The zero-order valence-electron chi connectivity index (χ0n) is 15.7. The second-order valence-corrected chi connectivity index (χ2v) is 7.09. The van der Waals surface area contributed by atoms with Crippen LogP contribution in [0.2, 0.25) is 0 Å². The molecule has 0 N–H and O–H groups in total. The van der Waals surface area contributed by atoms with Gasteiger partial charge in [-0.15, -0.1) is 0 Å². The van der Waals surface area contributed by atoms with Gasteiger partial charge in [0.05, 0.1) is 0 Å². The van der Waals surface area contributed by atoms with Crippen molar-refractivity contribution in [1.82, 2.24) is 4.90 Å². The van der Waals surface area contributed by atoms with Gasteiger partial charge in [-0.2, -0.15) is 0 Å². The molecule has 0 saturated carbocycles. The maximum absolute atomic E-state index is 13.0. The van der Waals surface area contributed by atoms with Crippen LogP contribution in [0.4, 0.5) is 4.39 Å². The molecule has 1 saturated heterocycles. The number of halogens is 1. The van der Waals surface area contributed by atoms with Gasteiger partial charge >= 0.3 is 5.97 Å². The quantitative estimate of drug-likeness (QED) is 0.601. The molecule has 0 aromatic heterocycles. The van der Waals surface area contributed by atoms with Crippen LogP contribution >= 0.6 is 0 Å². The van der Waals surface area contributed by atoms with Gasteiger partial charge in [-0.05, 0) is 61.9 Å². The lowest BCUT2D eigenvalue weighted by atomic mass is 9.90. The molecule has 3 rings (SSSR count). The summed E-state index contributed by atoms with van der Waals surface area (Å²) >= 11 is 0. The standard InChI is InChI=1S/C22H24FNO3/c1-15-20(4-3-5-21(15)27-16(2)25)22(26)24-12-10-18(11-13-24)14-17-6-8-19(23)9-7-17/h3-9,18H,10-14H2,1-2H3. The summed E-state index contributed by atoms with van der Waals surface area (Å²) in [5.41, 5.74) is 2.39. The summed E-state index contributed by atoms with van der Waals surface area (Å²) in [7, 11) is 0. The van der Waals surface area contributed by atoms with Gasteiger partial charge in [0.2, 0.25) is 0 Å². The van der Waals surface area contributed by atoms with Gasteiger partial charge in [0.25, 0.3) is 5.91 Å². The third kappa shape index (κ3) is 4.73. The van der Waals surface area contributed by atoms with E-state index in [1.54, 1.807) is 25.1 Å². The number of carbonyl (C=O) groups is 2. The molecule has 2 aromatic rings. The smallest absolute Gasteiger partial charge is 0.308 e. The summed E-state index contributed by atoms with van der Waals surface area (Å²) in [6, 6.07) is 11.9. The third-order valence-electron chi connectivity index (χ3n) is 5.11. The van der Waals surface area contributed by atoms with E-state index in [9.17, 15) is 14.0 Å². The monoisotopic (exact) mass is 369 g/mol. The first kappa shape index (κ1) is 19.1. The van der Waals surface area contributed by atoms with Crippen molar-refractivity contribution in [1.29, 1.82) is 0 Å². The lowest BCUT2D eigenvalue weighted by Crippen LogP contribution is -2.39. The zero-order chi connectivity index (χ0) is 19.4. The van der Waals surface area contributed by atoms with E-state index in [0.717, 1.165) is 24.8 Å². The van der Waals surface area contributed by atoms with Crippen molar-refractivity contribution in [2.75, 3.05) is 13.1 Å². The van der Waals surface area contributed by atoms with E-state index in [1.807, 2.05) is 17.0 Å².